The maximum atomic E-state index is 12.1. The SMILES string of the molecule is Cc1cccc(C(=O)NCC(C)(C)S(C)(=O)=O)c1I. The van der Waals surface area contributed by atoms with Gasteiger partial charge in [0.05, 0.1) is 10.3 Å². The van der Waals surface area contributed by atoms with Gasteiger partial charge in [0, 0.05) is 16.4 Å². The molecule has 1 N–H and O–H groups in total. The normalized spacial score (nSPS) is 12.3. The minimum atomic E-state index is -3.22. The Kier molecular flexibility index (Phi) is 5.00. The van der Waals surface area contributed by atoms with E-state index >= 15 is 0 Å². The minimum Gasteiger partial charge on any atom is -0.350 e. The van der Waals surface area contributed by atoms with Gasteiger partial charge in [-0.15, -0.1) is 0 Å². The van der Waals surface area contributed by atoms with Crippen molar-refractivity contribution >= 4 is 38.3 Å². The van der Waals surface area contributed by atoms with Crippen molar-refractivity contribution < 1.29 is 13.2 Å². The first-order chi connectivity index (χ1) is 8.56. The Balaban J connectivity index is 2.85. The van der Waals surface area contributed by atoms with Crippen molar-refractivity contribution in [3.8, 4) is 0 Å². The maximum Gasteiger partial charge on any atom is 0.252 e. The number of aryl methyl sites for hydroxylation is 1. The van der Waals surface area contributed by atoms with Gasteiger partial charge in [0.1, 0.15) is 0 Å². The van der Waals surface area contributed by atoms with E-state index in [1.807, 2.05) is 19.1 Å². The van der Waals surface area contributed by atoms with E-state index in [0.717, 1.165) is 9.13 Å². The van der Waals surface area contributed by atoms with E-state index in [4.69, 9.17) is 0 Å². The third-order valence-electron chi connectivity index (χ3n) is 3.11. The van der Waals surface area contributed by atoms with Gasteiger partial charge in [0.15, 0.2) is 9.84 Å². The van der Waals surface area contributed by atoms with E-state index in [1.165, 1.54) is 6.26 Å². The molecule has 0 spiro atoms. The third-order valence-corrected chi connectivity index (χ3v) is 6.70. The standard InChI is InChI=1S/C13H18INO3S/c1-9-6-5-7-10(11(9)14)12(16)15-8-13(2,3)19(4,17)18/h5-7H,8H2,1-4H3,(H,15,16). The van der Waals surface area contributed by atoms with Crippen LogP contribution in [0.2, 0.25) is 0 Å². The largest absolute Gasteiger partial charge is 0.350 e. The first-order valence-corrected chi connectivity index (χ1v) is 8.76. The fourth-order valence-corrected chi connectivity index (χ4v) is 2.28. The molecule has 0 fully saturated rings. The van der Waals surface area contributed by atoms with E-state index in [0.29, 0.717) is 5.56 Å². The lowest BCUT2D eigenvalue weighted by molar-refractivity contribution is 0.0949. The summed E-state index contributed by atoms with van der Waals surface area (Å²) in [6.45, 7) is 5.22. The zero-order chi connectivity index (χ0) is 14.8. The maximum absolute atomic E-state index is 12.1. The van der Waals surface area contributed by atoms with Crippen LogP contribution >= 0.6 is 22.6 Å². The van der Waals surface area contributed by atoms with Crippen LogP contribution in [0, 0.1) is 10.5 Å². The number of nitrogens with one attached hydrogen (secondary N) is 1. The second-order valence-corrected chi connectivity index (χ2v) is 8.88. The highest BCUT2D eigenvalue weighted by Crippen LogP contribution is 2.18. The van der Waals surface area contributed by atoms with Crippen molar-refractivity contribution in [1.82, 2.24) is 5.32 Å². The molecule has 0 aliphatic heterocycles. The fraction of sp³-hybridized carbons (Fsp3) is 0.462. The van der Waals surface area contributed by atoms with Crippen LogP contribution in [0.25, 0.3) is 0 Å². The van der Waals surface area contributed by atoms with E-state index in [1.54, 1.807) is 19.9 Å². The van der Waals surface area contributed by atoms with E-state index in [9.17, 15) is 13.2 Å². The number of amides is 1. The molecule has 1 amide bonds. The highest BCUT2D eigenvalue weighted by atomic mass is 127. The average molecular weight is 395 g/mol. The summed E-state index contributed by atoms with van der Waals surface area (Å²) >= 11 is 2.12. The van der Waals surface area contributed by atoms with Gasteiger partial charge in [-0.3, -0.25) is 4.79 Å². The number of rotatable bonds is 4. The lowest BCUT2D eigenvalue weighted by Crippen LogP contribution is -2.43. The van der Waals surface area contributed by atoms with E-state index < -0.39 is 14.6 Å². The lowest BCUT2D eigenvalue weighted by atomic mass is 10.1. The molecule has 1 aromatic carbocycles. The van der Waals surface area contributed by atoms with Crippen LogP contribution in [0.15, 0.2) is 18.2 Å². The molecule has 0 aliphatic carbocycles. The number of carbonyl (C=O) groups excluding carboxylic acids is 1. The first kappa shape index (κ1) is 16.4. The van der Waals surface area contributed by atoms with Crippen molar-refractivity contribution in [2.45, 2.75) is 25.5 Å². The summed E-state index contributed by atoms with van der Waals surface area (Å²) < 4.78 is 23.1. The molecule has 0 aromatic heterocycles. The summed E-state index contributed by atoms with van der Waals surface area (Å²) in [5.74, 6) is -0.246. The first-order valence-electron chi connectivity index (χ1n) is 5.79. The number of sulfone groups is 1. The van der Waals surface area contributed by atoms with Gasteiger partial charge in [-0.05, 0) is 55.0 Å². The van der Waals surface area contributed by atoms with Gasteiger partial charge in [-0.25, -0.2) is 8.42 Å². The van der Waals surface area contributed by atoms with E-state index in [2.05, 4.69) is 27.9 Å². The molecular formula is C13H18INO3S. The molecule has 0 atom stereocenters. The van der Waals surface area contributed by atoms with E-state index in [-0.39, 0.29) is 12.5 Å². The molecular weight excluding hydrogens is 377 g/mol. The second-order valence-electron chi connectivity index (χ2n) is 5.15. The Hall–Kier alpha value is -0.630. The third kappa shape index (κ3) is 3.92. The number of halogens is 1. The van der Waals surface area contributed by atoms with Gasteiger partial charge >= 0.3 is 0 Å². The van der Waals surface area contributed by atoms with Gasteiger partial charge in [-0.2, -0.15) is 0 Å². The Morgan fingerprint density at radius 1 is 1.37 bits per heavy atom. The number of carbonyl (C=O) groups is 1. The molecule has 0 saturated carbocycles. The zero-order valence-electron chi connectivity index (χ0n) is 11.5. The smallest absolute Gasteiger partial charge is 0.252 e. The monoisotopic (exact) mass is 395 g/mol. The summed E-state index contributed by atoms with van der Waals surface area (Å²) in [4.78, 5) is 12.1. The van der Waals surface area contributed by atoms with Crippen LogP contribution in [0.5, 0.6) is 0 Å². The molecule has 0 radical (unpaired) electrons. The predicted molar refractivity (Wildman–Crippen MR) is 85.2 cm³/mol. The number of hydrogen-bond acceptors (Lipinski definition) is 3. The average Bonchev–Trinajstić information content (AvgIpc) is 2.28. The molecule has 0 bridgehead atoms. The Labute approximate surface area is 128 Å². The van der Waals surface area contributed by atoms with Crippen molar-refractivity contribution in [3.05, 3.63) is 32.9 Å². The molecule has 106 valence electrons. The Morgan fingerprint density at radius 2 is 1.95 bits per heavy atom. The summed E-state index contributed by atoms with van der Waals surface area (Å²) in [5, 5.41) is 2.69. The molecule has 0 unspecified atom stereocenters. The fourth-order valence-electron chi connectivity index (χ4n) is 1.34. The Morgan fingerprint density at radius 3 is 2.47 bits per heavy atom. The molecule has 19 heavy (non-hydrogen) atoms. The molecule has 0 saturated heterocycles. The molecule has 1 rings (SSSR count). The minimum absolute atomic E-state index is 0.0920. The topological polar surface area (TPSA) is 63.2 Å². The Bertz CT molecular complexity index is 594. The molecule has 4 nitrogen and oxygen atoms in total. The summed E-state index contributed by atoms with van der Waals surface area (Å²) in [6.07, 6.45) is 1.18. The van der Waals surface area contributed by atoms with Gasteiger partial charge < -0.3 is 5.32 Å². The summed E-state index contributed by atoms with van der Waals surface area (Å²) in [5.41, 5.74) is 1.60. The van der Waals surface area contributed by atoms with Crippen molar-refractivity contribution in [1.29, 1.82) is 0 Å². The lowest BCUT2D eigenvalue weighted by Gasteiger charge is -2.23. The van der Waals surface area contributed by atoms with Crippen molar-refractivity contribution in [2.24, 2.45) is 0 Å². The van der Waals surface area contributed by atoms with Crippen LogP contribution in [-0.2, 0) is 9.84 Å². The van der Waals surface area contributed by atoms with Crippen LogP contribution in [0.3, 0.4) is 0 Å². The zero-order valence-corrected chi connectivity index (χ0v) is 14.4. The molecule has 0 heterocycles. The highest BCUT2D eigenvalue weighted by molar-refractivity contribution is 14.1. The summed E-state index contributed by atoms with van der Waals surface area (Å²) in [7, 11) is -3.22. The quantitative estimate of drug-likeness (QED) is 0.795. The second kappa shape index (κ2) is 5.78. The number of hydrogen-bond donors (Lipinski definition) is 1. The van der Waals surface area contributed by atoms with Crippen LogP contribution in [0.1, 0.15) is 29.8 Å². The van der Waals surface area contributed by atoms with Crippen LogP contribution in [0.4, 0.5) is 0 Å². The van der Waals surface area contributed by atoms with Crippen LogP contribution < -0.4 is 5.32 Å². The molecule has 6 heteroatoms. The number of benzene rings is 1. The van der Waals surface area contributed by atoms with Crippen LogP contribution in [-0.4, -0.2) is 31.9 Å². The van der Waals surface area contributed by atoms with Gasteiger partial charge in [0.25, 0.3) is 5.91 Å². The molecule has 0 aliphatic rings. The van der Waals surface area contributed by atoms with Gasteiger partial charge in [0.2, 0.25) is 0 Å². The summed E-state index contributed by atoms with van der Waals surface area (Å²) in [6, 6.07) is 5.48. The van der Waals surface area contributed by atoms with Crippen molar-refractivity contribution in [2.75, 3.05) is 12.8 Å². The highest BCUT2D eigenvalue weighted by Gasteiger charge is 2.30. The molecule has 1 aromatic rings. The predicted octanol–water partition coefficient (Wildman–Crippen LogP) is 2.15. The van der Waals surface area contributed by atoms with Gasteiger partial charge in [-0.1, -0.05) is 12.1 Å². The van der Waals surface area contributed by atoms with Crippen molar-refractivity contribution in [3.63, 3.8) is 0 Å².